The van der Waals surface area contributed by atoms with Crippen LogP contribution in [0.15, 0.2) is 30.7 Å². The highest BCUT2D eigenvalue weighted by Crippen LogP contribution is 2.30. The summed E-state index contributed by atoms with van der Waals surface area (Å²) < 4.78 is 10.2. The number of amides is 1. The van der Waals surface area contributed by atoms with Crippen LogP contribution in [0.4, 0.5) is 11.5 Å². The number of hydrogen-bond acceptors (Lipinski definition) is 9. The van der Waals surface area contributed by atoms with E-state index in [1.807, 2.05) is 6.07 Å². The third kappa shape index (κ3) is 4.33. The molecule has 31 heavy (non-hydrogen) atoms. The van der Waals surface area contributed by atoms with Crippen LogP contribution in [0.3, 0.4) is 0 Å². The Kier molecular flexibility index (Phi) is 5.81. The smallest absolute Gasteiger partial charge is 0.316 e. The van der Waals surface area contributed by atoms with Crippen molar-refractivity contribution in [3.8, 4) is 11.9 Å². The van der Waals surface area contributed by atoms with Gasteiger partial charge in [-0.25, -0.2) is 15.0 Å². The first kappa shape index (κ1) is 20.7. The summed E-state index contributed by atoms with van der Waals surface area (Å²) >= 11 is 0. The lowest BCUT2D eigenvalue weighted by molar-refractivity contribution is 0.102. The molecule has 1 aliphatic rings. The van der Waals surface area contributed by atoms with Crippen LogP contribution in [0.25, 0.3) is 10.9 Å². The van der Waals surface area contributed by atoms with Gasteiger partial charge in [0.25, 0.3) is 5.91 Å². The highest BCUT2D eigenvalue weighted by molar-refractivity contribution is 6.13. The summed E-state index contributed by atoms with van der Waals surface area (Å²) in [5.41, 5.74) is 1.90. The minimum atomic E-state index is -0.348. The fourth-order valence-electron chi connectivity index (χ4n) is 3.84. The quantitative estimate of drug-likeness (QED) is 0.635. The predicted octanol–water partition coefficient (Wildman–Crippen LogP) is 1.88. The zero-order chi connectivity index (χ0) is 22.0. The van der Waals surface area contributed by atoms with Gasteiger partial charge in [0.2, 0.25) is 5.88 Å². The molecule has 0 bridgehead atoms. The van der Waals surface area contributed by atoms with Gasteiger partial charge in [-0.05, 0) is 26.0 Å². The number of carbonyl (C=O) groups is 1. The van der Waals surface area contributed by atoms with Crippen LogP contribution < -0.4 is 25.0 Å². The highest BCUT2D eigenvalue weighted by Gasteiger charge is 2.24. The maximum Gasteiger partial charge on any atom is 0.316 e. The van der Waals surface area contributed by atoms with Crippen molar-refractivity contribution >= 4 is 28.3 Å². The SMILES string of the molecule is COc1cnc(NC(=O)c2ccc(N3C[C@@H](C)N[C@H](C)C3)c3cnc(OC)nc23)cn1. The zero-order valence-electron chi connectivity index (χ0n) is 17.9. The lowest BCUT2D eigenvalue weighted by atomic mass is 10.0. The molecule has 0 spiro atoms. The molecule has 2 atom stereocenters. The van der Waals surface area contributed by atoms with Gasteiger partial charge >= 0.3 is 6.01 Å². The van der Waals surface area contributed by atoms with E-state index in [9.17, 15) is 4.79 Å². The van der Waals surface area contributed by atoms with Crippen LogP contribution in [0, 0.1) is 0 Å². The van der Waals surface area contributed by atoms with Gasteiger partial charge in [-0.1, -0.05) is 0 Å². The first-order chi connectivity index (χ1) is 15.0. The number of aromatic nitrogens is 4. The van der Waals surface area contributed by atoms with Crippen LogP contribution in [0.1, 0.15) is 24.2 Å². The van der Waals surface area contributed by atoms with Gasteiger partial charge in [-0.3, -0.25) is 4.79 Å². The molecule has 10 nitrogen and oxygen atoms in total. The maximum atomic E-state index is 13.0. The summed E-state index contributed by atoms with van der Waals surface area (Å²) in [7, 11) is 3.00. The molecular formula is C21H25N7O3. The van der Waals surface area contributed by atoms with Crippen molar-refractivity contribution in [1.29, 1.82) is 0 Å². The number of hydrogen-bond donors (Lipinski definition) is 2. The van der Waals surface area contributed by atoms with Crippen molar-refractivity contribution < 1.29 is 14.3 Å². The van der Waals surface area contributed by atoms with E-state index in [1.54, 1.807) is 12.3 Å². The van der Waals surface area contributed by atoms with E-state index in [0.29, 0.717) is 34.9 Å². The molecule has 0 saturated carbocycles. The molecular weight excluding hydrogens is 398 g/mol. The topological polar surface area (TPSA) is 114 Å². The van der Waals surface area contributed by atoms with E-state index >= 15 is 0 Å². The average Bonchev–Trinajstić information content (AvgIpc) is 2.77. The van der Waals surface area contributed by atoms with E-state index in [-0.39, 0.29) is 11.9 Å². The Morgan fingerprint density at radius 3 is 2.48 bits per heavy atom. The second kappa shape index (κ2) is 8.68. The number of rotatable bonds is 5. The number of piperazine rings is 1. The van der Waals surface area contributed by atoms with E-state index in [0.717, 1.165) is 24.2 Å². The van der Waals surface area contributed by atoms with Crippen molar-refractivity contribution in [2.45, 2.75) is 25.9 Å². The van der Waals surface area contributed by atoms with Crippen molar-refractivity contribution in [2.75, 3.05) is 37.5 Å². The molecule has 3 aromatic rings. The highest BCUT2D eigenvalue weighted by atomic mass is 16.5. The molecule has 0 aliphatic carbocycles. The van der Waals surface area contributed by atoms with Crippen LogP contribution in [0.5, 0.6) is 11.9 Å². The summed E-state index contributed by atoms with van der Waals surface area (Å²) in [5.74, 6) is 0.331. The van der Waals surface area contributed by atoms with Gasteiger partial charge in [-0.15, -0.1) is 0 Å². The van der Waals surface area contributed by atoms with Crippen LogP contribution in [-0.2, 0) is 0 Å². The number of nitrogens with zero attached hydrogens (tertiary/aromatic N) is 5. The molecule has 0 unspecified atom stereocenters. The number of carbonyl (C=O) groups excluding carboxylic acids is 1. The van der Waals surface area contributed by atoms with Crippen molar-refractivity contribution in [3.63, 3.8) is 0 Å². The second-order valence-electron chi connectivity index (χ2n) is 7.52. The molecule has 10 heteroatoms. The van der Waals surface area contributed by atoms with Crippen LogP contribution >= 0.6 is 0 Å². The lowest BCUT2D eigenvalue weighted by Crippen LogP contribution is -2.54. The fourth-order valence-corrected chi connectivity index (χ4v) is 3.84. The largest absolute Gasteiger partial charge is 0.480 e. The minimum Gasteiger partial charge on any atom is -0.480 e. The number of nitrogens with one attached hydrogen (secondary N) is 2. The summed E-state index contributed by atoms with van der Waals surface area (Å²) in [6.45, 7) is 6.00. The van der Waals surface area contributed by atoms with E-state index in [2.05, 4.69) is 49.3 Å². The minimum absolute atomic E-state index is 0.199. The summed E-state index contributed by atoms with van der Waals surface area (Å²) in [6.07, 6.45) is 4.58. The normalized spacial score (nSPS) is 18.6. The summed E-state index contributed by atoms with van der Waals surface area (Å²) in [4.78, 5) is 32.3. The molecule has 1 saturated heterocycles. The van der Waals surface area contributed by atoms with Gasteiger partial charge in [0.1, 0.15) is 0 Å². The van der Waals surface area contributed by atoms with Gasteiger partial charge in [0.15, 0.2) is 5.82 Å². The Hall–Kier alpha value is -3.53. The molecule has 1 aromatic carbocycles. The second-order valence-corrected chi connectivity index (χ2v) is 7.52. The molecule has 162 valence electrons. The van der Waals surface area contributed by atoms with Crippen molar-refractivity contribution in [2.24, 2.45) is 0 Å². The van der Waals surface area contributed by atoms with Crippen molar-refractivity contribution in [3.05, 3.63) is 36.3 Å². The van der Waals surface area contributed by atoms with Gasteiger partial charge in [0.05, 0.1) is 37.7 Å². The Morgan fingerprint density at radius 2 is 1.84 bits per heavy atom. The molecule has 4 rings (SSSR count). The number of benzene rings is 1. The molecule has 1 amide bonds. The molecule has 2 aromatic heterocycles. The van der Waals surface area contributed by atoms with E-state index < -0.39 is 0 Å². The number of fused-ring (bicyclic) bond motifs is 1. The molecule has 0 radical (unpaired) electrons. The molecule has 1 aliphatic heterocycles. The Morgan fingerprint density at radius 1 is 1.06 bits per heavy atom. The van der Waals surface area contributed by atoms with Crippen molar-refractivity contribution in [1.82, 2.24) is 25.3 Å². The predicted molar refractivity (Wildman–Crippen MR) is 117 cm³/mol. The number of ether oxygens (including phenoxy) is 2. The lowest BCUT2D eigenvalue weighted by Gasteiger charge is -2.38. The molecule has 1 fully saturated rings. The Balaban J connectivity index is 1.72. The number of anilines is 2. The average molecular weight is 423 g/mol. The first-order valence-electron chi connectivity index (χ1n) is 10.0. The Labute approximate surface area is 180 Å². The zero-order valence-corrected chi connectivity index (χ0v) is 17.9. The molecule has 2 N–H and O–H groups in total. The monoisotopic (exact) mass is 423 g/mol. The van der Waals surface area contributed by atoms with E-state index in [4.69, 9.17) is 9.47 Å². The van der Waals surface area contributed by atoms with Gasteiger partial charge < -0.3 is 25.0 Å². The third-order valence-electron chi connectivity index (χ3n) is 5.11. The summed E-state index contributed by atoms with van der Waals surface area (Å²) in [5, 5.41) is 7.08. The maximum absolute atomic E-state index is 13.0. The Bertz CT molecular complexity index is 1080. The third-order valence-corrected chi connectivity index (χ3v) is 5.11. The van der Waals surface area contributed by atoms with Gasteiger partial charge in [0, 0.05) is 42.4 Å². The summed E-state index contributed by atoms with van der Waals surface area (Å²) in [6, 6.07) is 4.60. The number of methoxy groups -OCH3 is 2. The standard InChI is InChI=1S/C21H25N7O3/c1-12-10-28(11-13(2)25-12)16-6-5-14(19-15(16)7-24-21(27-19)31-4)20(29)26-17-8-23-18(30-3)9-22-17/h5-9,12-13,25H,10-11H2,1-4H3,(H,22,26,29)/t12-,13-/m1/s1. The van der Waals surface area contributed by atoms with Crippen LogP contribution in [-0.4, -0.2) is 65.2 Å². The van der Waals surface area contributed by atoms with Gasteiger partial charge in [-0.2, -0.15) is 4.98 Å². The van der Waals surface area contributed by atoms with E-state index in [1.165, 1.54) is 26.6 Å². The van der Waals surface area contributed by atoms with Crippen LogP contribution in [0.2, 0.25) is 0 Å². The fraction of sp³-hybridized carbons (Fsp3) is 0.381. The molecule has 3 heterocycles. The first-order valence-corrected chi connectivity index (χ1v) is 10.0.